The van der Waals surface area contributed by atoms with Crippen LogP contribution in [-0.2, 0) is 19.1 Å². The van der Waals surface area contributed by atoms with Crippen molar-refractivity contribution in [2.45, 2.75) is 219 Å². The maximum absolute atomic E-state index is 12.5. The summed E-state index contributed by atoms with van der Waals surface area (Å²) in [7, 11) is 0. The molecule has 46 heavy (non-hydrogen) atoms. The van der Waals surface area contributed by atoms with Crippen LogP contribution in [0.5, 0.6) is 0 Å². The average molecular weight is 648 g/mol. The van der Waals surface area contributed by atoms with E-state index in [1.165, 1.54) is 116 Å². The normalized spacial score (nSPS) is 12.7. The van der Waals surface area contributed by atoms with E-state index in [1.54, 1.807) is 0 Å². The van der Waals surface area contributed by atoms with Crippen molar-refractivity contribution in [3.63, 3.8) is 0 Å². The highest BCUT2D eigenvalue weighted by Gasteiger charge is 2.30. The highest BCUT2D eigenvalue weighted by atomic mass is 16.6. The lowest BCUT2D eigenvalue weighted by atomic mass is 9.99. The molecule has 1 atom stereocenters. The van der Waals surface area contributed by atoms with Crippen LogP contribution in [0.4, 0.5) is 0 Å². The van der Waals surface area contributed by atoms with Gasteiger partial charge in [0.1, 0.15) is 6.61 Å². The van der Waals surface area contributed by atoms with E-state index in [0.29, 0.717) is 12.8 Å². The van der Waals surface area contributed by atoms with Crippen LogP contribution < -0.4 is 5.73 Å². The Labute approximate surface area is 286 Å². The Kier molecular flexibility index (Phi) is 32.1. The molecule has 5 nitrogen and oxygen atoms in total. The Morgan fingerprint density at radius 1 is 0.522 bits per heavy atom. The molecule has 0 saturated carbocycles. The molecule has 0 aliphatic heterocycles. The summed E-state index contributed by atoms with van der Waals surface area (Å²) in [6.07, 6.45) is 41.3. The third kappa shape index (κ3) is 32.3. The van der Waals surface area contributed by atoms with Crippen molar-refractivity contribution in [1.29, 1.82) is 0 Å². The molecule has 0 rings (SSSR count). The van der Waals surface area contributed by atoms with Gasteiger partial charge in [-0.15, -0.1) is 0 Å². The molecule has 5 heteroatoms. The summed E-state index contributed by atoms with van der Waals surface area (Å²) in [6, 6.07) is 0. The fraction of sp³-hybridized carbons (Fsp3) is 0.854. The first-order valence-electron chi connectivity index (χ1n) is 19.7. The molecule has 0 aromatic rings. The lowest BCUT2D eigenvalue weighted by Crippen LogP contribution is -2.50. The topological polar surface area (TPSA) is 78.6 Å². The third-order valence-corrected chi connectivity index (χ3v) is 8.78. The minimum absolute atomic E-state index is 0.0194. The molecule has 0 aliphatic rings. The second-order valence-corrected chi connectivity index (χ2v) is 14.2. The van der Waals surface area contributed by atoms with Crippen LogP contribution in [-0.4, -0.2) is 30.2 Å². The smallest absolute Gasteiger partial charge is 0.306 e. The molecule has 0 aromatic heterocycles. The maximum Gasteiger partial charge on any atom is 0.306 e. The number of hydrogen-bond donors (Lipinski definition) is 1. The van der Waals surface area contributed by atoms with Crippen LogP contribution in [0.15, 0.2) is 24.3 Å². The van der Waals surface area contributed by atoms with Crippen molar-refractivity contribution in [1.82, 2.24) is 0 Å². The molecule has 0 amide bonds. The number of hydrogen-bond acceptors (Lipinski definition) is 5. The molecule has 0 heterocycles. The number of nitrogens with two attached hydrogens (primary N) is 1. The van der Waals surface area contributed by atoms with Gasteiger partial charge in [-0.1, -0.05) is 141 Å². The first-order chi connectivity index (χ1) is 22.3. The maximum atomic E-state index is 12.5. The van der Waals surface area contributed by atoms with E-state index in [0.717, 1.165) is 51.4 Å². The SMILES string of the molecule is CCCCCCCC/C=C\CCCCCCCC(=O)OCC(OC(=O)CCCCCCC/C=C\CCCCCCCC)C(C)(C)N. The minimum Gasteiger partial charge on any atom is -0.462 e. The Balaban J connectivity index is 3.81. The number of unbranched alkanes of at least 4 members (excludes halogenated alkanes) is 22. The molecule has 2 N–H and O–H groups in total. The molecule has 0 saturated heterocycles. The van der Waals surface area contributed by atoms with Crippen LogP contribution in [0, 0.1) is 0 Å². The highest BCUT2D eigenvalue weighted by Crippen LogP contribution is 2.16. The fourth-order valence-electron chi connectivity index (χ4n) is 5.54. The van der Waals surface area contributed by atoms with Crippen LogP contribution in [0.25, 0.3) is 0 Å². The number of ether oxygens (including phenoxy) is 2. The molecule has 0 aromatic carbocycles. The molecule has 0 fully saturated rings. The van der Waals surface area contributed by atoms with Crippen LogP contribution in [0.3, 0.4) is 0 Å². The van der Waals surface area contributed by atoms with Gasteiger partial charge in [-0.2, -0.15) is 0 Å². The zero-order valence-electron chi connectivity index (χ0n) is 31.1. The molecule has 0 radical (unpaired) electrons. The van der Waals surface area contributed by atoms with Crippen molar-refractivity contribution < 1.29 is 19.1 Å². The van der Waals surface area contributed by atoms with E-state index in [4.69, 9.17) is 15.2 Å². The molecular weight excluding hydrogens is 570 g/mol. The summed E-state index contributed by atoms with van der Waals surface area (Å²) < 4.78 is 11.1. The fourth-order valence-corrected chi connectivity index (χ4v) is 5.54. The predicted molar refractivity (Wildman–Crippen MR) is 198 cm³/mol. The Bertz CT molecular complexity index is 739. The lowest BCUT2D eigenvalue weighted by molar-refractivity contribution is -0.163. The van der Waals surface area contributed by atoms with Crippen LogP contribution in [0.1, 0.15) is 207 Å². The van der Waals surface area contributed by atoms with E-state index >= 15 is 0 Å². The van der Waals surface area contributed by atoms with E-state index in [1.807, 2.05) is 13.8 Å². The van der Waals surface area contributed by atoms with Gasteiger partial charge in [-0.05, 0) is 78.1 Å². The highest BCUT2D eigenvalue weighted by molar-refractivity contribution is 5.70. The van der Waals surface area contributed by atoms with Crippen molar-refractivity contribution >= 4 is 11.9 Å². The number of rotatable bonds is 34. The van der Waals surface area contributed by atoms with Gasteiger partial charge in [-0.3, -0.25) is 9.59 Å². The average Bonchev–Trinajstić information content (AvgIpc) is 3.02. The first-order valence-corrected chi connectivity index (χ1v) is 19.7. The zero-order chi connectivity index (χ0) is 34.0. The second-order valence-electron chi connectivity index (χ2n) is 14.2. The summed E-state index contributed by atoms with van der Waals surface area (Å²) in [5.41, 5.74) is 5.48. The quantitative estimate of drug-likeness (QED) is 0.0427. The summed E-state index contributed by atoms with van der Waals surface area (Å²) in [5, 5.41) is 0. The molecule has 270 valence electrons. The van der Waals surface area contributed by atoms with Crippen molar-refractivity contribution in [2.24, 2.45) is 5.73 Å². The molecular formula is C41H77NO4. The van der Waals surface area contributed by atoms with Gasteiger partial charge in [0.2, 0.25) is 0 Å². The standard InChI is InChI=1S/C41H77NO4/c1-5-7-9-11-13-15-17-19-21-23-25-27-29-31-33-35-39(43)45-37-38(41(3,4)42)46-40(44)36-34-32-30-28-26-24-22-20-18-16-14-12-10-8-6-2/h19-22,38H,5-18,23-37,42H2,1-4H3/b21-19-,22-20-. The monoisotopic (exact) mass is 648 g/mol. The van der Waals surface area contributed by atoms with Gasteiger partial charge in [0.15, 0.2) is 6.10 Å². The van der Waals surface area contributed by atoms with Gasteiger partial charge in [0.25, 0.3) is 0 Å². The zero-order valence-corrected chi connectivity index (χ0v) is 31.1. The van der Waals surface area contributed by atoms with Gasteiger partial charge < -0.3 is 15.2 Å². The van der Waals surface area contributed by atoms with Gasteiger partial charge >= 0.3 is 11.9 Å². The summed E-state index contributed by atoms with van der Waals surface area (Å²) in [5.74, 6) is -0.491. The molecule has 1 unspecified atom stereocenters. The van der Waals surface area contributed by atoms with Gasteiger partial charge in [0, 0.05) is 12.8 Å². The number of allylic oxidation sites excluding steroid dienone is 4. The number of carbonyl (C=O) groups excluding carboxylic acids is 2. The van der Waals surface area contributed by atoms with Crippen molar-refractivity contribution in [2.75, 3.05) is 6.61 Å². The van der Waals surface area contributed by atoms with E-state index in [9.17, 15) is 9.59 Å². The van der Waals surface area contributed by atoms with Crippen molar-refractivity contribution in [3.8, 4) is 0 Å². The number of esters is 2. The molecule has 0 bridgehead atoms. The van der Waals surface area contributed by atoms with Crippen LogP contribution >= 0.6 is 0 Å². The summed E-state index contributed by atoms with van der Waals surface area (Å²) >= 11 is 0. The predicted octanol–water partition coefficient (Wildman–Crippen LogP) is 12.3. The molecule has 0 spiro atoms. The minimum atomic E-state index is -0.776. The summed E-state index contributed by atoms with van der Waals surface area (Å²) in [4.78, 5) is 24.8. The number of carbonyl (C=O) groups is 2. The van der Waals surface area contributed by atoms with Gasteiger partial charge in [-0.25, -0.2) is 0 Å². The van der Waals surface area contributed by atoms with E-state index < -0.39 is 11.6 Å². The Hall–Kier alpha value is -1.62. The summed E-state index contributed by atoms with van der Waals surface area (Å²) in [6.45, 7) is 8.17. The van der Waals surface area contributed by atoms with E-state index in [2.05, 4.69) is 38.2 Å². The third-order valence-electron chi connectivity index (χ3n) is 8.78. The first kappa shape index (κ1) is 44.4. The second kappa shape index (κ2) is 33.3. The Morgan fingerprint density at radius 2 is 0.848 bits per heavy atom. The van der Waals surface area contributed by atoms with Gasteiger partial charge in [0.05, 0.1) is 5.54 Å². The van der Waals surface area contributed by atoms with Crippen molar-refractivity contribution in [3.05, 3.63) is 24.3 Å². The largest absolute Gasteiger partial charge is 0.462 e. The van der Waals surface area contributed by atoms with Crippen LogP contribution in [0.2, 0.25) is 0 Å². The Morgan fingerprint density at radius 3 is 1.22 bits per heavy atom. The molecule has 0 aliphatic carbocycles. The lowest BCUT2D eigenvalue weighted by Gasteiger charge is -2.29. The van der Waals surface area contributed by atoms with E-state index in [-0.39, 0.29) is 18.5 Å².